The fourth-order valence-electron chi connectivity index (χ4n) is 5.01. The molecular formula is C29H29Cl2N3O4. The molecule has 2 fully saturated rings. The Kier molecular flexibility index (Phi) is 8.17. The molecule has 7 nitrogen and oxygen atoms in total. The van der Waals surface area contributed by atoms with Crippen molar-refractivity contribution in [3.8, 4) is 11.5 Å². The Morgan fingerprint density at radius 2 is 1.71 bits per heavy atom. The van der Waals surface area contributed by atoms with Gasteiger partial charge < -0.3 is 19.7 Å². The summed E-state index contributed by atoms with van der Waals surface area (Å²) >= 11 is 11.9. The highest BCUT2D eigenvalue weighted by atomic mass is 35.5. The van der Waals surface area contributed by atoms with Crippen molar-refractivity contribution in [1.82, 2.24) is 15.2 Å². The Bertz CT molecular complexity index is 1250. The van der Waals surface area contributed by atoms with Crippen LogP contribution in [0, 0.1) is 5.41 Å². The zero-order chi connectivity index (χ0) is 26.5. The molecule has 5 rings (SSSR count). The van der Waals surface area contributed by atoms with E-state index in [9.17, 15) is 9.59 Å². The molecule has 2 amide bonds. The number of benzene rings is 2. The summed E-state index contributed by atoms with van der Waals surface area (Å²) in [5, 5.41) is 3.41. The lowest BCUT2D eigenvalue weighted by Crippen LogP contribution is -2.49. The van der Waals surface area contributed by atoms with E-state index in [2.05, 4.69) is 10.3 Å². The molecule has 1 unspecified atom stereocenters. The molecule has 1 N–H and O–H groups in total. The minimum Gasteiger partial charge on any atom is -0.457 e. The third-order valence-corrected chi connectivity index (χ3v) is 7.71. The quantitative estimate of drug-likeness (QED) is 0.378. The van der Waals surface area contributed by atoms with Gasteiger partial charge in [-0.15, -0.1) is 0 Å². The van der Waals surface area contributed by atoms with Crippen LogP contribution in [-0.4, -0.2) is 54.0 Å². The first-order chi connectivity index (χ1) is 18.4. The first-order valence-electron chi connectivity index (χ1n) is 12.7. The summed E-state index contributed by atoms with van der Waals surface area (Å²) < 4.78 is 12.0. The van der Waals surface area contributed by atoms with Crippen LogP contribution >= 0.6 is 23.2 Å². The fraction of sp³-hybridized carbons (Fsp3) is 0.345. The van der Waals surface area contributed by atoms with Crippen molar-refractivity contribution in [2.75, 3.05) is 26.2 Å². The van der Waals surface area contributed by atoms with Crippen LogP contribution in [0.2, 0.25) is 10.2 Å². The van der Waals surface area contributed by atoms with E-state index in [-0.39, 0.29) is 34.2 Å². The highest BCUT2D eigenvalue weighted by Gasteiger charge is 2.40. The van der Waals surface area contributed by atoms with Crippen LogP contribution in [0.15, 0.2) is 66.7 Å². The maximum atomic E-state index is 13.1. The Balaban J connectivity index is 1.07. The number of amides is 2. The number of halogens is 2. The van der Waals surface area contributed by atoms with Crippen molar-refractivity contribution in [3.05, 3.63) is 88.2 Å². The van der Waals surface area contributed by atoms with Crippen LogP contribution in [0.5, 0.6) is 11.5 Å². The molecule has 9 heteroatoms. The predicted molar refractivity (Wildman–Crippen MR) is 146 cm³/mol. The largest absolute Gasteiger partial charge is 0.457 e. The Labute approximate surface area is 232 Å². The molecule has 1 aromatic heterocycles. The average Bonchev–Trinajstić information content (AvgIpc) is 2.93. The second-order valence-electron chi connectivity index (χ2n) is 9.91. The van der Waals surface area contributed by atoms with Crippen LogP contribution in [0.25, 0.3) is 0 Å². The van der Waals surface area contributed by atoms with E-state index >= 15 is 0 Å². The highest BCUT2D eigenvalue weighted by molar-refractivity contribution is 6.34. The molecule has 3 aromatic rings. The van der Waals surface area contributed by atoms with E-state index in [4.69, 9.17) is 32.7 Å². The topological polar surface area (TPSA) is 80.8 Å². The van der Waals surface area contributed by atoms with Gasteiger partial charge in [0.25, 0.3) is 11.8 Å². The van der Waals surface area contributed by atoms with Gasteiger partial charge in [0, 0.05) is 30.2 Å². The van der Waals surface area contributed by atoms with Crippen LogP contribution in [0.4, 0.5) is 0 Å². The Morgan fingerprint density at radius 3 is 2.37 bits per heavy atom. The number of rotatable bonds is 6. The lowest BCUT2D eigenvalue weighted by Gasteiger charge is -2.45. The Hall–Kier alpha value is -3.13. The smallest absolute Gasteiger partial charge is 0.270 e. The Morgan fingerprint density at radius 1 is 1.00 bits per heavy atom. The van der Waals surface area contributed by atoms with Gasteiger partial charge in [0.1, 0.15) is 22.3 Å². The molecule has 2 aliphatic rings. The minimum atomic E-state index is -0.329. The maximum Gasteiger partial charge on any atom is 0.270 e. The second-order valence-corrected chi connectivity index (χ2v) is 10.7. The van der Waals surface area contributed by atoms with Crippen molar-refractivity contribution in [2.24, 2.45) is 5.41 Å². The van der Waals surface area contributed by atoms with Crippen molar-refractivity contribution in [1.29, 1.82) is 0 Å². The van der Waals surface area contributed by atoms with Gasteiger partial charge in [-0.1, -0.05) is 41.4 Å². The first kappa shape index (κ1) is 26.5. The number of likely N-dealkylation sites (tertiary alicyclic amines) is 1. The molecular weight excluding hydrogens is 525 g/mol. The van der Waals surface area contributed by atoms with Crippen molar-refractivity contribution in [2.45, 2.75) is 31.8 Å². The van der Waals surface area contributed by atoms with E-state index in [1.165, 1.54) is 12.1 Å². The minimum absolute atomic E-state index is 0.0400. The van der Waals surface area contributed by atoms with Crippen LogP contribution < -0.4 is 10.1 Å². The molecule has 2 aliphatic heterocycles. The number of carbonyl (C=O) groups excluding carboxylic acids is 2. The normalized spacial score (nSPS) is 18.7. The van der Waals surface area contributed by atoms with Gasteiger partial charge in [-0.2, -0.15) is 0 Å². The van der Waals surface area contributed by atoms with Gasteiger partial charge in [-0.25, -0.2) is 4.98 Å². The molecule has 1 atom stereocenters. The second kappa shape index (κ2) is 11.7. The number of nitrogens with zero attached hydrogens (tertiary/aromatic N) is 2. The number of hydrogen-bond acceptors (Lipinski definition) is 5. The number of para-hydroxylation sites is 1. The van der Waals surface area contributed by atoms with Crippen molar-refractivity contribution < 1.29 is 19.1 Å². The third-order valence-electron chi connectivity index (χ3n) is 7.30. The molecule has 38 heavy (non-hydrogen) atoms. The number of ether oxygens (including phenoxy) is 2. The molecule has 0 bridgehead atoms. The molecule has 1 spiro atoms. The lowest BCUT2D eigenvalue weighted by atomic mass is 9.73. The molecule has 0 aliphatic carbocycles. The number of hydrogen-bond donors (Lipinski definition) is 1. The van der Waals surface area contributed by atoms with Crippen LogP contribution in [0.3, 0.4) is 0 Å². The number of piperidine rings is 1. The summed E-state index contributed by atoms with van der Waals surface area (Å²) in [6.07, 6.45) is 3.59. The van der Waals surface area contributed by atoms with Gasteiger partial charge in [0.05, 0.1) is 12.7 Å². The summed E-state index contributed by atoms with van der Waals surface area (Å²) in [5.41, 5.74) is 0.921. The van der Waals surface area contributed by atoms with E-state index in [0.29, 0.717) is 42.6 Å². The van der Waals surface area contributed by atoms with Gasteiger partial charge in [-0.3, -0.25) is 9.59 Å². The summed E-state index contributed by atoms with van der Waals surface area (Å²) in [4.78, 5) is 31.5. The van der Waals surface area contributed by atoms with Crippen molar-refractivity contribution >= 4 is 35.0 Å². The first-order valence-corrected chi connectivity index (χ1v) is 13.5. The molecule has 198 valence electrons. The third kappa shape index (κ3) is 6.46. The zero-order valence-electron chi connectivity index (χ0n) is 20.9. The number of carbonyl (C=O) groups is 2. The van der Waals surface area contributed by atoms with E-state index in [1.54, 1.807) is 0 Å². The average molecular weight is 554 g/mol. The number of nitrogens with one attached hydrogen (secondary N) is 1. The number of aromatic nitrogens is 1. The standard InChI is InChI=1S/C29H29Cl2N3O4/c30-21-16-25(33-26(31)17-21)27(35)32-18-24-10-11-29(19-37-24)12-14-34(15-13-29)28(36)20-6-8-23(9-7-20)38-22-4-2-1-3-5-22/h1-9,16-17,24H,10-15,18-19H2,(H,32,35). The van der Waals surface area contributed by atoms with E-state index in [1.807, 2.05) is 59.5 Å². The van der Waals surface area contributed by atoms with Gasteiger partial charge in [0.2, 0.25) is 0 Å². The van der Waals surface area contributed by atoms with Crippen LogP contribution in [-0.2, 0) is 4.74 Å². The van der Waals surface area contributed by atoms with Gasteiger partial charge in [0.15, 0.2) is 0 Å². The predicted octanol–water partition coefficient (Wildman–Crippen LogP) is 6.01. The van der Waals surface area contributed by atoms with Crippen LogP contribution in [0.1, 0.15) is 46.5 Å². The zero-order valence-corrected chi connectivity index (χ0v) is 22.4. The van der Waals surface area contributed by atoms with Gasteiger partial charge in [-0.05, 0) is 79.6 Å². The fourth-order valence-corrected chi connectivity index (χ4v) is 5.48. The van der Waals surface area contributed by atoms with E-state index in [0.717, 1.165) is 31.4 Å². The molecule has 2 saturated heterocycles. The monoisotopic (exact) mass is 553 g/mol. The van der Waals surface area contributed by atoms with E-state index < -0.39 is 0 Å². The van der Waals surface area contributed by atoms with Gasteiger partial charge >= 0.3 is 0 Å². The molecule has 2 aromatic carbocycles. The highest BCUT2D eigenvalue weighted by Crippen LogP contribution is 2.40. The molecule has 0 saturated carbocycles. The molecule has 0 radical (unpaired) electrons. The van der Waals surface area contributed by atoms with Crippen molar-refractivity contribution in [3.63, 3.8) is 0 Å². The number of pyridine rings is 1. The lowest BCUT2D eigenvalue weighted by molar-refractivity contribution is -0.0809. The summed E-state index contributed by atoms with van der Waals surface area (Å²) in [7, 11) is 0. The summed E-state index contributed by atoms with van der Waals surface area (Å²) in [6, 6.07) is 19.8. The summed E-state index contributed by atoms with van der Waals surface area (Å²) in [5.74, 6) is 1.17. The molecule has 3 heterocycles. The maximum absolute atomic E-state index is 13.1. The SMILES string of the molecule is O=C(NCC1CCC2(CCN(C(=O)c3ccc(Oc4ccccc4)cc3)CC2)CO1)c1cc(Cl)cc(Cl)n1. The summed E-state index contributed by atoms with van der Waals surface area (Å²) in [6.45, 7) is 2.43.